The fraction of sp³-hybridized carbons (Fsp3) is 0.545. The Bertz CT molecular complexity index is 1290. The lowest BCUT2D eigenvalue weighted by Crippen LogP contribution is -2.50. The van der Waals surface area contributed by atoms with Crippen LogP contribution in [0.5, 0.6) is 5.75 Å². The van der Waals surface area contributed by atoms with Gasteiger partial charge in [-0.2, -0.15) is 0 Å². The summed E-state index contributed by atoms with van der Waals surface area (Å²) in [5.41, 5.74) is 4.95. The van der Waals surface area contributed by atoms with E-state index in [1.807, 2.05) is 19.2 Å². The van der Waals surface area contributed by atoms with Gasteiger partial charge in [-0.25, -0.2) is 4.79 Å². The number of aliphatic hydroxyl groups is 1. The molecule has 40 heavy (non-hydrogen) atoms. The first-order valence-corrected chi connectivity index (χ1v) is 15.1. The number of hydrogen-bond acceptors (Lipinski definition) is 5. The lowest BCUT2D eigenvalue weighted by molar-refractivity contribution is 0.00273. The molecule has 0 aromatic heterocycles. The number of carboxylic acids is 1. The van der Waals surface area contributed by atoms with Crippen molar-refractivity contribution in [3.8, 4) is 5.75 Å². The number of halogens is 1. The van der Waals surface area contributed by atoms with E-state index < -0.39 is 5.97 Å². The summed E-state index contributed by atoms with van der Waals surface area (Å²) in [6.45, 7) is 2.42. The predicted molar refractivity (Wildman–Crippen MR) is 157 cm³/mol. The van der Waals surface area contributed by atoms with Crippen LogP contribution in [-0.2, 0) is 16.6 Å². The molecule has 1 aliphatic heterocycles. The van der Waals surface area contributed by atoms with Crippen LogP contribution in [0.25, 0.3) is 0 Å². The molecule has 6 rings (SSSR count). The molecule has 4 aliphatic rings. The number of fused-ring (bicyclic) bond motifs is 3. The van der Waals surface area contributed by atoms with Crippen LogP contribution in [0.3, 0.4) is 0 Å². The monoisotopic (exact) mass is 565 g/mol. The van der Waals surface area contributed by atoms with Crippen molar-refractivity contribution < 1.29 is 24.5 Å². The van der Waals surface area contributed by atoms with E-state index in [0.29, 0.717) is 24.4 Å². The molecule has 1 unspecified atom stereocenters. The third kappa shape index (κ3) is 5.15. The van der Waals surface area contributed by atoms with E-state index in [4.69, 9.17) is 21.1 Å². The van der Waals surface area contributed by atoms with Crippen molar-refractivity contribution in [1.82, 2.24) is 0 Å². The summed E-state index contributed by atoms with van der Waals surface area (Å²) in [6, 6.07) is 11.5. The van der Waals surface area contributed by atoms with Crippen molar-refractivity contribution >= 4 is 23.3 Å². The van der Waals surface area contributed by atoms with Gasteiger partial charge in [0, 0.05) is 37.2 Å². The van der Waals surface area contributed by atoms with Crippen LogP contribution >= 0.6 is 11.6 Å². The first-order chi connectivity index (χ1) is 19.4. The Morgan fingerprint density at radius 2 is 2.08 bits per heavy atom. The molecule has 5 atom stereocenters. The Labute approximate surface area is 241 Å². The first kappa shape index (κ1) is 27.6. The molecule has 214 valence electrons. The molecular formula is C33H40ClNO5. The van der Waals surface area contributed by atoms with Crippen LogP contribution in [0.2, 0.25) is 5.02 Å². The van der Waals surface area contributed by atoms with Gasteiger partial charge >= 0.3 is 5.97 Å². The third-order valence-corrected chi connectivity index (χ3v) is 10.3. The fourth-order valence-corrected chi connectivity index (χ4v) is 7.88. The highest BCUT2D eigenvalue weighted by Crippen LogP contribution is 2.48. The highest BCUT2D eigenvalue weighted by Gasteiger charge is 2.45. The largest absolute Gasteiger partial charge is 0.490 e. The van der Waals surface area contributed by atoms with Crippen molar-refractivity contribution in [2.45, 2.75) is 62.9 Å². The third-order valence-electron chi connectivity index (χ3n) is 10.0. The fourth-order valence-electron chi connectivity index (χ4n) is 7.68. The second-order valence-corrected chi connectivity index (χ2v) is 12.8. The highest BCUT2D eigenvalue weighted by atomic mass is 35.5. The molecule has 7 heteroatoms. The minimum Gasteiger partial charge on any atom is -0.490 e. The molecule has 3 aliphatic carbocycles. The molecule has 2 N–H and O–H groups in total. The van der Waals surface area contributed by atoms with Gasteiger partial charge in [-0.3, -0.25) is 0 Å². The number of aromatic carboxylic acids is 1. The standard InChI is InChI=1S/C33H40ClNO5/c1-39-31(22-6-4-21(18-36)5-7-22)27-11-8-25(27)17-35-19-33(14-2-3-23-15-26(34)10-12-28(23)33)20-40-30-13-9-24(32(37)38)16-29(30)35/h6,9-10,12-13,15-16,21,25,27,31,36H,2-5,7-8,11,14,17-20H2,1H3,(H,37,38)/t21-,25-,27+,31+,33?/m0/s1. The molecule has 0 radical (unpaired) electrons. The molecular weight excluding hydrogens is 526 g/mol. The molecule has 0 bridgehead atoms. The van der Waals surface area contributed by atoms with Crippen molar-refractivity contribution in [2.75, 3.05) is 38.3 Å². The quantitative estimate of drug-likeness (QED) is 0.385. The van der Waals surface area contributed by atoms with E-state index in [1.54, 1.807) is 12.1 Å². The second-order valence-electron chi connectivity index (χ2n) is 12.4. The number of carbonyl (C=O) groups is 1. The summed E-state index contributed by atoms with van der Waals surface area (Å²) in [4.78, 5) is 14.4. The Morgan fingerprint density at radius 3 is 2.77 bits per heavy atom. The number of methoxy groups -OCH3 is 1. The van der Waals surface area contributed by atoms with Gasteiger partial charge in [-0.05, 0) is 116 Å². The van der Waals surface area contributed by atoms with Crippen LogP contribution in [0.4, 0.5) is 5.69 Å². The van der Waals surface area contributed by atoms with E-state index in [0.717, 1.165) is 80.9 Å². The van der Waals surface area contributed by atoms with Crippen LogP contribution in [0, 0.1) is 17.8 Å². The number of nitrogens with zero attached hydrogens (tertiary/aromatic N) is 1. The van der Waals surface area contributed by atoms with E-state index in [2.05, 4.69) is 23.1 Å². The summed E-state index contributed by atoms with van der Waals surface area (Å²) >= 11 is 6.39. The number of aryl methyl sites for hydroxylation is 1. The molecule has 6 nitrogen and oxygen atoms in total. The van der Waals surface area contributed by atoms with E-state index in [1.165, 1.54) is 16.7 Å². The number of benzene rings is 2. The zero-order valence-corrected chi connectivity index (χ0v) is 24.0. The van der Waals surface area contributed by atoms with Gasteiger partial charge in [0.25, 0.3) is 0 Å². The molecule has 2 aromatic carbocycles. The van der Waals surface area contributed by atoms with Crippen molar-refractivity contribution in [3.63, 3.8) is 0 Å². The topological polar surface area (TPSA) is 79.2 Å². The summed E-state index contributed by atoms with van der Waals surface area (Å²) in [6.07, 6.45) is 10.7. The van der Waals surface area contributed by atoms with Crippen molar-refractivity contribution in [1.29, 1.82) is 0 Å². The van der Waals surface area contributed by atoms with E-state index in [-0.39, 0.29) is 23.7 Å². The lowest BCUT2D eigenvalue weighted by Gasteiger charge is -2.47. The molecule has 0 amide bonds. The molecule has 2 aromatic rings. The maximum Gasteiger partial charge on any atom is 0.335 e. The minimum atomic E-state index is -0.925. The molecule has 1 saturated carbocycles. The maximum atomic E-state index is 11.9. The molecule has 0 saturated heterocycles. The number of aliphatic hydroxyl groups excluding tert-OH is 1. The maximum absolute atomic E-state index is 11.9. The molecule has 1 heterocycles. The van der Waals surface area contributed by atoms with Crippen molar-refractivity contribution in [3.05, 3.63) is 69.8 Å². The van der Waals surface area contributed by atoms with Gasteiger partial charge in [-0.1, -0.05) is 23.7 Å². The average molecular weight is 566 g/mol. The zero-order valence-electron chi connectivity index (χ0n) is 23.3. The van der Waals surface area contributed by atoms with Gasteiger partial charge in [-0.15, -0.1) is 0 Å². The smallest absolute Gasteiger partial charge is 0.335 e. The van der Waals surface area contributed by atoms with Gasteiger partial charge in [0.2, 0.25) is 0 Å². The number of carboxylic acid groups (broad SMARTS) is 1. The van der Waals surface area contributed by atoms with Crippen LogP contribution in [0.1, 0.15) is 66.4 Å². The zero-order chi connectivity index (χ0) is 27.9. The SMILES string of the molecule is CO[C@H](C1=CC[C@H](CO)CC1)[C@@H]1CC[C@H]1CN1CC2(CCCc3cc(Cl)ccc32)COc2ccc(C(=O)O)cc21. The normalized spacial score (nSPS) is 28.4. The van der Waals surface area contributed by atoms with Crippen LogP contribution < -0.4 is 9.64 Å². The van der Waals surface area contributed by atoms with E-state index in [9.17, 15) is 15.0 Å². The van der Waals surface area contributed by atoms with Crippen LogP contribution in [-0.4, -0.2) is 55.7 Å². The van der Waals surface area contributed by atoms with Crippen molar-refractivity contribution in [2.24, 2.45) is 17.8 Å². The van der Waals surface area contributed by atoms with Gasteiger partial charge < -0.3 is 24.6 Å². The number of hydrogen-bond donors (Lipinski definition) is 2. The number of ether oxygens (including phenoxy) is 2. The Hall–Kier alpha value is -2.54. The highest BCUT2D eigenvalue weighted by molar-refractivity contribution is 6.30. The Kier molecular flexibility index (Phi) is 7.86. The number of anilines is 1. The second kappa shape index (κ2) is 11.4. The molecule has 1 spiro atoms. The summed E-state index contributed by atoms with van der Waals surface area (Å²) in [5, 5.41) is 20.1. The summed E-state index contributed by atoms with van der Waals surface area (Å²) in [5.74, 6) is 1.05. The lowest BCUT2D eigenvalue weighted by atomic mass is 9.66. The van der Waals surface area contributed by atoms with Gasteiger partial charge in [0.15, 0.2) is 0 Å². The number of allylic oxidation sites excluding steroid dienone is 1. The minimum absolute atomic E-state index is 0.0953. The predicted octanol–water partition coefficient (Wildman–Crippen LogP) is 6.27. The van der Waals surface area contributed by atoms with Gasteiger partial charge in [0.05, 0.1) is 24.0 Å². The molecule has 1 fully saturated rings. The average Bonchev–Trinajstić information content (AvgIpc) is 3.10. The Balaban J connectivity index is 1.32. The first-order valence-electron chi connectivity index (χ1n) is 14.8. The number of rotatable bonds is 7. The van der Waals surface area contributed by atoms with Gasteiger partial charge in [0.1, 0.15) is 5.75 Å². The summed E-state index contributed by atoms with van der Waals surface area (Å²) < 4.78 is 12.6. The summed E-state index contributed by atoms with van der Waals surface area (Å²) in [7, 11) is 1.83. The van der Waals surface area contributed by atoms with Crippen LogP contribution in [0.15, 0.2) is 48.0 Å². The van der Waals surface area contributed by atoms with E-state index >= 15 is 0 Å². The Morgan fingerprint density at radius 1 is 1.20 bits per heavy atom.